The third kappa shape index (κ3) is 3.66. The summed E-state index contributed by atoms with van der Waals surface area (Å²) >= 11 is 3.25. The van der Waals surface area contributed by atoms with Crippen molar-refractivity contribution in [3.8, 4) is 0 Å². The molecule has 2 rings (SSSR count). The molecule has 0 saturated carbocycles. The summed E-state index contributed by atoms with van der Waals surface area (Å²) in [4.78, 5) is 11.9. The Labute approximate surface area is 137 Å². The number of carbonyl (C=O) groups excluding carboxylic acids is 1. The lowest BCUT2D eigenvalue weighted by molar-refractivity contribution is 0.0602. The van der Waals surface area contributed by atoms with Crippen molar-refractivity contribution in [3.05, 3.63) is 58.1 Å². The van der Waals surface area contributed by atoms with Gasteiger partial charge in [0.15, 0.2) is 0 Å². The smallest absolute Gasteiger partial charge is 0.339 e. The molecule has 2 aromatic rings. The van der Waals surface area contributed by atoms with E-state index in [-0.39, 0.29) is 16.1 Å². The van der Waals surface area contributed by atoms with Crippen molar-refractivity contribution >= 4 is 37.6 Å². The maximum atomic E-state index is 12.4. The molecule has 7 heteroatoms. The molecule has 0 amide bonds. The molecule has 0 saturated heterocycles. The van der Waals surface area contributed by atoms with E-state index in [0.29, 0.717) is 4.47 Å². The van der Waals surface area contributed by atoms with E-state index in [4.69, 9.17) is 0 Å². The van der Waals surface area contributed by atoms with Crippen LogP contribution in [0.15, 0.2) is 51.8 Å². The molecule has 2 aromatic carbocycles. The van der Waals surface area contributed by atoms with Gasteiger partial charge in [0.1, 0.15) is 0 Å². The van der Waals surface area contributed by atoms with Crippen molar-refractivity contribution in [1.82, 2.24) is 0 Å². The molecule has 0 radical (unpaired) electrons. The molecule has 0 spiro atoms. The minimum Gasteiger partial charge on any atom is -0.465 e. The van der Waals surface area contributed by atoms with Gasteiger partial charge in [0.05, 0.1) is 23.3 Å². The molecule has 5 nitrogen and oxygen atoms in total. The molecular formula is C15H14BrNO4S. The molecule has 0 fully saturated rings. The van der Waals surface area contributed by atoms with Crippen molar-refractivity contribution in [3.63, 3.8) is 0 Å². The number of benzene rings is 2. The van der Waals surface area contributed by atoms with Gasteiger partial charge in [0.2, 0.25) is 0 Å². The Bertz CT molecular complexity index is 801. The maximum Gasteiger partial charge on any atom is 0.339 e. The van der Waals surface area contributed by atoms with Crippen molar-refractivity contribution in [1.29, 1.82) is 0 Å². The van der Waals surface area contributed by atoms with Crippen molar-refractivity contribution in [2.45, 2.75) is 11.8 Å². The first-order valence-corrected chi connectivity index (χ1v) is 8.58. The monoisotopic (exact) mass is 383 g/mol. The van der Waals surface area contributed by atoms with Crippen LogP contribution in [0.4, 0.5) is 5.69 Å². The lowest BCUT2D eigenvalue weighted by Crippen LogP contribution is -2.16. The Kier molecular flexibility index (Phi) is 4.87. The van der Waals surface area contributed by atoms with E-state index in [2.05, 4.69) is 25.4 Å². The first-order valence-electron chi connectivity index (χ1n) is 6.31. The number of hydrogen-bond donors (Lipinski definition) is 1. The fraction of sp³-hybridized carbons (Fsp3) is 0.133. The van der Waals surface area contributed by atoms with Crippen LogP contribution in [0.25, 0.3) is 0 Å². The minimum atomic E-state index is -3.79. The molecular weight excluding hydrogens is 370 g/mol. The number of aryl methyl sites for hydroxylation is 1. The largest absolute Gasteiger partial charge is 0.465 e. The maximum absolute atomic E-state index is 12.4. The van der Waals surface area contributed by atoms with E-state index in [1.54, 1.807) is 18.2 Å². The second-order valence-electron chi connectivity index (χ2n) is 4.60. The highest BCUT2D eigenvalue weighted by atomic mass is 79.9. The number of carbonyl (C=O) groups is 1. The average molecular weight is 384 g/mol. The third-order valence-corrected chi connectivity index (χ3v) is 4.84. The van der Waals surface area contributed by atoms with Crippen LogP contribution >= 0.6 is 15.9 Å². The van der Waals surface area contributed by atoms with Gasteiger partial charge in [0.25, 0.3) is 10.0 Å². The molecule has 0 aromatic heterocycles. The molecule has 0 heterocycles. The molecule has 0 aliphatic rings. The molecule has 0 atom stereocenters. The van der Waals surface area contributed by atoms with Gasteiger partial charge in [-0.05, 0) is 37.3 Å². The number of sulfonamides is 1. The van der Waals surface area contributed by atoms with Crippen molar-refractivity contribution < 1.29 is 17.9 Å². The zero-order valence-corrected chi connectivity index (χ0v) is 14.4. The zero-order chi connectivity index (χ0) is 16.3. The fourth-order valence-corrected chi connectivity index (χ4v) is 3.24. The SMILES string of the molecule is COC(=O)c1ccc(Br)cc1NS(=O)(=O)c1ccc(C)cc1. The summed E-state index contributed by atoms with van der Waals surface area (Å²) in [6.07, 6.45) is 0. The van der Waals surface area contributed by atoms with Gasteiger partial charge in [-0.1, -0.05) is 33.6 Å². The number of ether oxygens (including phenoxy) is 1. The summed E-state index contributed by atoms with van der Waals surface area (Å²) in [7, 11) is -2.55. The number of hydrogen-bond acceptors (Lipinski definition) is 4. The van der Waals surface area contributed by atoms with Gasteiger partial charge in [-0.3, -0.25) is 4.72 Å². The van der Waals surface area contributed by atoms with Gasteiger partial charge in [-0.2, -0.15) is 0 Å². The lowest BCUT2D eigenvalue weighted by Gasteiger charge is -2.12. The number of rotatable bonds is 4. The van der Waals surface area contributed by atoms with Crippen molar-refractivity contribution in [2.75, 3.05) is 11.8 Å². The first-order chi connectivity index (χ1) is 10.3. The summed E-state index contributed by atoms with van der Waals surface area (Å²) in [6, 6.07) is 11.1. The van der Waals surface area contributed by atoms with Crippen LogP contribution in [-0.4, -0.2) is 21.5 Å². The third-order valence-electron chi connectivity index (χ3n) is 2.96. The summed E-state index contributed by atoms with van der Waals surface area (Å²) in [5.74, 6) is -0.617. The van der Waals surface area contributed by atoms with Crippen LogP contribution in [-0.2, 0) is 14.8 Å². The van der Waals surface area contributed by atoms with Crippen LogP contribution in [0.5, 0.6) is 0 Å². The molecule has 116 valence electrons. The van der Waals surface area contributed by atoms with E-state index in [0.717, 1.165) is 5.56 Å². The van der Waals surface area contributed by atoms with E-state index in [1.165, 1.54) is 31.4 Å². The van der Waals surface area contributed by atoms with E-state index in [1.807, 2.05) is 6.92 Å². The number of anilines is 1. The summed E-state index contributed by atoms with van der Waals surface area (Å²) in [5.41, 5.74) is 1.25. The van der Waals surface area contributed by atoms with Crippen LogP contribution in [0.1, 0.15) is 15.9 Å². The topological polar surface area (TPSA) is 72.5 Å². The minimum absolute atomic E-state index is 0.119. The summed E-state index contributed by atoms with van der Waals surface area (Å²) in [5, 5.41) is 0. The highest BCUT2D eigenvalue weighted by molar-refractivity contribution is 9.10. The number of nitrogens with one attached hydrogen (secondary N) is 1. The Morgan fingerprint density at radius 1 is 1.14 bits per heavy atom. The van der Waals surface area contributed by atoms with Gasteiger partial charge < -0.3 is 4.74 Å². The summed E-state index contributed by atoms with van der Waals surface area (Å²) < 4.78 is 32.5. The number of halogens is 1. The van der Waals surface area contributed by atoms with Gasteiger partial charge in [-0.25, -0.2) is 13.2 Å². The van der Waals surface area contributed by atoms with E-state index in [9.17, 15) is 13.2 Å². The quantitative estimate of drug-likeness (QED) is 0.821. The van der Waals surface area contributed by atoms with Crippen LogP contribution in [0.2, 0.25) is 0 Å². The van der Waals surface area contributed by atoms with Crippen molar-refractivity contribution in [2.24, 2.45) is 0 Å². The van der Waals surface area contributed by atoms with Crippen LogP contribution in [0.3, 0.4) is 0 Å². The Balaban J connectivity index is 2.43. The van der Waals surface area contributed by atoms with Crippen LogP contribution in [0, 0.1) is 6.92 Å². The van der Waals surface area contributed by atoms with E-state index >= 15 is 0 Å². The van der Waals surface area contributed by atoms with Crippen LogP contribution < -0.4 is 4.72 Å². The predicted molar refractivity (Wildman–Crippen MR) is 87.5 cm³/mol. The standard InChI is InChI=1S/C15H14BrNO4S/c1-10-3-6-12(7-4-10)22(19,20)17-14-9-11(16)5-8-13(14)15(18)21-2/h3-9,17H,1-2H3. The number of methoxy groups -OCH3 is 1. The van der Waals surface area contributed by atoms with Gasteiger partial charge in [-0.15, -0.1) is 0 Å². The fourth-order valence-electron chi connectivity index (χ4n) is 1.81. The highest BCUT2D eigenvalue weighted by Gasteiger charge is 2.19. The molecule has 22 heavy (non-hydrogen) atoms. The Morgan fingerprint density at radius 2 is 1.77 bits per heavy atom. The highest BCUT2D eigenvalue weighted by Crippen LogP contribution is 2.25. The summed E-state index contributed by atoms with van der Waals surface area (Å²) in [6.45, 7) is 1.87. The van der Waals surface area contributed by atoms with Gasteiger partial charge in [0, 0.05) is 4.47 Å². The van der Waals surface area contributed by atoms with E-state index < -0.39 is 16.0 Å². The number of esters is 1. The second-order valence-corrected chi connectivity index (χ2v) is 7.20. The molecule has 1 N–H and O–H groups in total. The Morgan fingerprint density at radius 3 is 2.36 bits per heavy atom. The lowest BCUT2D eigenvalue weighted by atomic mass is 10.2. The average Bonchev–Trinajstić information content (AvgIpc) is 2.46. The molecule has 0 aliphatic carbocycles. The zero-order valence-electron chi connectivity index (χ0n) is 12.0. The molecule has 0 unspecified atom stereocenters. The van der Waals surface area contributed by atoms with Gasteiger partial charge >= 0.3 is 5.97 Å². The first kappa shape index (κ1) is 16.5. The normalized spacial score (nSPS) is 11.0. The predicted octanol–water partition coefficient (Wildman–Crippen LogP) is 3.34. The second kappa shape index (κ2) is 6.50. The molecule has 0 aliphatic heterocycles. The molecule has 0 bridgehead atoms. The Hall–Kier alpha value is -1.86.